The number of ether oxygens (including phenoxy) is 1. The van der Waals surface area contributed by atoms with E-state index in [1.807, 2.05) is 46.2 Å². The molecule has 2 aromatic rings. The predicted molar refractivity (Wildman–Crippen MR) is 161 cm³/mol. The zero-order valence-corrected chi connectivity index (χ0v) is 24.7. The summed E-state index contributed by atoms with van der Waals surface area (Å²) in [6, 6.07) is 13.3. The molecule has 3 amide bonds. The summed E-state index contributed by atoms with van der Waals surface area (Å²) in [6.07, 6.45) is 3.07. The van der Waals surface area contributed by atoms with Gasteiger partial charge in [-0.2, -0.15) is 0 Å². The minimum atomic E-state index is -0.875. The van der Waals surface area contributed by atoms with Crippen LogP contribution >= 0.6 is 0 Å². The van der Waals surface area contributed by atoms with E-state index in [1.165, 1.54) is 0 Å². The van der Waals surface area contributed by atoms with E-state index in [9.17, 15) is 19.5 Å². The Balaban J connectivity index is 1.43. The third-order valence-electron chi connectivity index (χ3n) is 9.00. The maximum Gasteiger partial charge on any atom is 0.319 e. The third kappa shape index (κ3) is 6.24. The average molecular weight is 578 g/mol. The number of rotatable bonds is 12. The maximum absolute atomic E-state index is 14.0. The summed E-state index contributed by atoms with van der Waals surface area (Å²) in [5, 5.41) is 10.6. The molecule has 0 spiro atoms. The number of urea groups is 1. The van der Waals surface area contributed by atoms with Crippen molar-refractivity contribution in [3.8, 4) is 5.75 Å². The van der Waals surface area contributed by atoms with Crippen molar-refractivity contribution in [2.45, 2.75) is 51.1 Å². The molecular formula is C32H43N5O5. The van der Waals surface area contributed by atoms with E-state index in [-0.39, 0.29) is 24.4 Å². The second kappa shape index (κ2) is 13.1. The summed E-state index contributed by atoms with van der Waals surface area (Å²) in [5.41, 5.74) is 9.71. The molecule has 0 bridgehead atoms. The molecule has 2 saturated heterocycles. The minimum Gasteiger partial charge on any atom is -0.493 e. The Morgan fingerprint density at radius 2 is 2.00 bits per heavy atom. The van der Waals surface area contributed by atoms with Crippen molar-refractivity contribution in [3.63, 3.8) is 0 Å². The predicted octanol–water partition coefficient (Wildman–Crippen LogP) is 3.14. The number of likely N-dealkylation sites (N-methyl/N-ethyl adjacent to an activating group) is 1. The standard InChI is InChI=1S/C32H43N5O5/c1-3-4-12-37(25-7-5-6-22(17-25)19-33)29(38)21-36-20-26(23-8-9-28-24(18-23)11-16-42-28)30(31(39)40)27(36)10-13-35-15-14-34(2)32(35)41/h5-9,17-18,26-27,30H,3-4,10-16,19-21,33H2,1-2H3,(H,39,40). The summed E-state index contributed by atoms with van der Waals surface area (Å²) in [5.74, 6) is -1.08. The summed E-state index contributed by atoms with van der Waals surface area (Å²) in [6.45, 7) is 5.96. The zero-order valence-electron chi connectivity index (χ0n) is 24.7. The SMILES string of the molecule is CCCCN(C(=O)CN1CC(c2ccc3c(c2)CCO3)C(C(=O)O)C1CCN1CCN(C)C1=O)c1cccc(CN)c1. The van der Waals surface area contributed by atoms with Crippen molar-refractivity contribution < 1.29 is 24.2 Å². The third-order valence-corrected chi connectivity index (χ3v) is 9.00. The van der Waals surface area contributed by atoms with E-state index in [1.54, 1.807) is 16.8 Å². The van der Waals surface area contributed by atoms with Crippen molar-refractivity contribution >= 4 is 23.6 Å². The Labute approximate surface area is 248 Å². The highest BCUT2D eigenvalue weighted by Crippen LogP contribution is 2.41. The van der Waals surface area contributed by atoms with E-state index < -0.39 is 17.9 Å². The van der Waals surface area contributed by atoms with Crippen LogP contribution in [0.25, 0.3) is 0 Å². The summed E-state index contributed by atoms with van der Waals surface area (Å²) in [4.78, 5) is 46.8. The van der Waals surface area contributed by atoms with E-state index >= 15 is 0 Å². The molecule has 2 aromatic carbocycles. The molecule has 2 fully saturated rings. The highest BCUT2D eigenvalue weighted by molar-refractivity contribution is 5.95. The van der Waals surface area contributed by atoms with Gasteiger partial charge in [0, 0.05) is 70.4 Å². The number of fused-ring (bicyclic) bond motifs is 1. The van der Waals surface area contributed by atoms with Crippen LogP contribution in [0.1, 0.15) is 48.8 Å². The van der Waals surface area contributed by atoms with Crippen molar-refractivity contribution in [1.29, 1.82) is 0 Å². The molecule has 3 atom stereocenters. The van der Waals surface area contributed by atoms with Crippen LogP contribution in [0.3, 0.4) is 0 Å². The largest absolute Gasteiger partial charge is 0.493 e. The molecule has 0 aromatic heterocycles. The number of likely N-dealkylation sites (tertiary alicyclic amines) is 1. The Hall–Kier alpha value is -3.63. The van der Waals surface area contributed by atoms with Gasteiger partial charge in [-0.15, -0.1) is 0 Å². The number of unbranched alkanes of at least 4 members (excludes halogenated alkanes) is 1. The Bertz CT molecular complexity index is 1300. The van der Waals surface area contributed by atoms with Gasteiger partial charge in [0.25, 0.3) is 0 Å². The number of hydrogen-bond acceptors (Lipinski definition) is 6. The van der Waals surface area contributed by atoms with Gasteiger partial charge in [0.05, 0.1) is 19.1 Å². The van der Waals surface area contributed by atoms with Crippen LogP contribution in [0.15, 0.2) is 42.5 Å². The normalized spacial score (nSPS) is 22.0. The monoisotopic (exact) mass is 577 g/mol. The number of nitrogens with two attached hydrogens (primary N) is 1. The van der Waals surface area contributed by atoms with Crippen LogP contribution < -0.4 is 15.4 Å². The first-order valence-electron chi connectivity index (χ1n) is 15.1. The van der Waals surface area contributed by atoms with Crippen LogP contribution in [-0.4, -0.2) is 96.7 Å². The topological polar surface area (TPSA) is 120 Å². The molecule has 0 radical (unpaired) electrons. The highest BCUT2D eigenvalue weighted by Gasteiger charge is 2.47. The number of hydrogen-bond donors (Lipinski definition) is 2. The van der Waals surface area contributed by atoms with E-state index in [0.29, 0.717) is 52.3 Å². The van der Waals surface area contributed by atoms with Crippen molar-refractivity contribution in [2.75, 3.05) is 57.8 Å². The van der Waals surface area contributed by atoms with E-state index in [4.69, 9.17) is 10.5 Å². The molecule has 10 nitrogen and oxygen atoms in total. The fourth-order valence-electron chi connectivity index (χ4n) is 6.65. The highest BCUT2D eigenvalue weighted by atomic mass is 16.5. The molecule has 3 heterocycles. The Kier molecular flexibility index (Phi) is 9.33. The first-order chi connectivity index (χ1) is 20.3. The number of nitrogens with zero attached hydrogens (tertiary/aromatic N) is 4. The number of carboxylic acids is 1. The number of carbonyl (C=O) groups is 3. The second-order valence-corrected chi connectivity index (χ2v) is 11.7. The van der Waals surface area contributed by atoms with Gasteiger partial charge in [0.2, 0.25) is 5.91 Å². The number of aliphatic carboxylic acids is 1. The van der Waals surface area contributed by atoms with Crippen molar-refractivity contribution in [1.82, 2.24) is 14.7 Å². The van der Waals surface area contributed by atoms with Gasteiger partial charge >= 0.3 is 12.0 Å². The molecule has 3 aliphatic heterocycles. The van der Waals surface area contributed by atoms with Gasteiger partial charge in [-0.3, -0.25) is 14.5 Å². The van der Waals surface area contributed by atoms with Gasteiger partial charge in [-0.05, 0) is 47.7 Å². The zero-order chi connectivity index (χ0) is 29.8. The van der Waals surface area contributed by atoms with Crippen LogP contribution in [0.4, 0.5) is 10.5 Å². The molecule has 0 aliphatic carbocycles. The number of anilines is 1. The summed E-state index contributed by atoms with van der Waals surface area (Å²) >= 11 is 0. The molecular weight excluding hydrogens is 534 g/mol. The van der Waals surface area contributed by atoms with Crippen molar-refractivity contribution in [2.24, 2.45) is 11.7 Å². The van der Waals surface area contributed by atoms with Gasteiger partial charge in [-0.1, -0.05) is 37.6 Å². The lowest BCUT2D eigenvalue weighted by molar-refractivity contribution is -0.143. The van der Waals surface area contributed by atoms with Crippen LogP contribution in [0.2, 0.25) is 0 Å². The minimum absolute atomic E-state index is 0.0387. The summed E-state index contributed by atoms with van der Waals surface area (Å²) in [7, 11) is 1.78. The van der Waals surface area contributed by atoms with Gasteiger partial charge < -0.3 is 30.3 Å². The molecule has 10 heteroatoms. The van der Waals surface area contributed by atoms with Gasteiger partial charge in [-0.25, -0.2) is 4.79 Å². The number of amides is 3. The smallest absolute Gasteiger partial charge is 0.319 e. The fourth-order valence-corrected chi connectivity index (χ4v) is 6.65. The fraction of sp³-hybridized carbons (Fsp3) is 0.531. The quantitative estimate of drug-likeness (QED) is 0.398. The molecule has 0 saturated carbocycles. The second-order valence-electron chi connectivity index (χ2n) is 11.7. The molecule has 3 unspecified atom stereocenters. The summed E-state index contributed by atoms with van der Waals surface area (Å²) < 4.78 is 5.69. The molecule has 3 N–H and O–H groups in total. The van der Waals surface area contributed by atoms with Crippen molar-refractivity contribution in [3.05, 3.63) is 59.2 Å². The number of carboxylic acid groups (broad SMARTS) is 1. The van der Waals surface area contributed by atoms with Crippen LogP contribution in [-0.2, 0) is 22.6 Å². The van der Waals surface area contributed by atoms with E-state index in [0.717, 1.165) is 47.4 Å². The number of benzene rings is 2. The van der Waals surface area contributed by atoms with Gasteiger partial charge in [0.1, 0.15) is 5.75 Å². The molecule has 226 valence electrons. The lowest BCUT2D eigenvalue weighted by Gasteiger charge is -2.31. The maximum atomic E-state index is 14.0. The molecule has 3 aliphatic rings. The molecule has 42 heavy (non-hydrogen) atoms. The van der Waals surface area contributed by atoms with Crippen LogP contribution in [0.5, 0.6) is 5.75 Å². The molecule has 5 rings (SSSR count). The Morgan fingerprint density at radius 1 is 1.17 bits per heavy atom. The van der Waals surface area contributed by atoms with E-state index in [2.05, 4.69) is 13.0 Å². The first-order valence-corrected chi connectivity index (χ1v) is 15.1. The lowest BCUT2D eigenvalue weighted by Crippen LogP contribution is -2.46. The van der Waals surface area contributed by atoms with Crippen LogP contribution in [0, 0.1) is 5.92 Å². The average Bonchev–Trinajstić information content (AvgIpc) is 3.69. The number of carbonyl (C=O) groups excluding carboxylic acids is 2. The lowest BCUT2D eigenvalue weighted by atomic mass is 9.83. The first kappa shape index (κ1) is 29.8. The Morgan fingerprint density at radius 3 is 2.71 bits per heavy atom. The van der Waals surface area contributed by atoms with Gasteiger partial charge in [0.15, 0.2) is 0 Å².